The number of hydrogen-bond acceptors (Lipinski definition) is 7. The highest BCUT2D eigenvalue weighted by Gasteiger charge is 2.55. The predicted octanol–water partition coefficient (Wildman–Crippen LogP) is 2.32. The van der Waals surface area contributed by atoms with E-state index in [1.165, 1.54) is 28.2 Å². The molecule has 0 aliphatic carbocycles. The highest BCUT2D eigenvalue weighted by atomic mass is 32.2. The topological polar surface area (TPSA) is 195 Å². The smallest absolute Gasteiger partial charge is 0.326 e. The van der Waals surface area contributed by atoms with Crippen molar-refractivity contribution in [3.63, 3.8) is 0 Å². The maximum atomic E-state index is 13.6. The van der Waals surface area contributed by atoms with Gasteiger partial charge in [-0.2, -0.15) is 4.31 Å². The summed E-state index contributed by atoms with van der Waals surface area (Å²) < 4.78 is 27.4. The van der Waals surface area contributed by atoms with Crippen molar-refractivity contribution in [3.8, 4) is 0 Å². The van der Waals surface area contributed by atoms with E-state index in [1.807, 2.05) is 0 Å². The minimum atomic E-state index is -4.04. The Hall–Kier alpha value is -3.62. The average Bonchev–Trinajstić information content (AvgIpc) is 3.17. The second kappa shape index (κ2) is 14.0. The van der Waals surface area contributed by atoms with Crippen LogP contribution in [0.15, 0.2) is 59.5 Å². The SMILES string of the molecule is CC1SC(C)(C)[C@@H](C(=O)N[C@@H](Cc2ccc(NC(=O)CCCCNC(=N)N)cc2)C(=O)O)N1S(=O)(=O)c1ccccc1. The van der Waals surface area contributed by atoms with Crippen molar-refractivity contribution in [1.82, 2.24) is 14.9 Å². The molecule has 12 nitrogen and oxygen atoms in total. The lowest BCUT2D eigenvalue weighted by Crippen LogP contribution is -2.57. The molecule has 14 heteroatoms. The van der Waals surface area contributed by atoms with Gasteiger partial charge in [-0.25, -0.2) is 13.2 Å². The third kappa shape index (κ3) is 8.46. The van der Waals surface area contributed by atoms with Gasteiger partial charge in [0.15, 0.2) is 5.96 Å². The molecule has 1 fully saturated rings. The van der Waals surface area contributed by atoms with E-state index in [2.05, 4.69) is 16.0 Å². The summed E-state index contributed by atoms with van der Waals surface area (Å²) in [6.45, 7) is 5.76. The number of nitrogens with one attached hydrogen (secondary N) is 4. The minimum absolute atomic E-state index is 0.0419. The van der Waals surface area contributed by atoms with Crippen molar-refractivity contribution in [2.24, 2.45) is 5.73 Å². The van der Waals surface area contributed by atoms with Crippen LogP contribution in [0.2, 0.25) is 0 Å². The molecular weight excluding hydrogens is 580 g/mol. The number of carbonyl (C=O) groups is 3. The van der Waals surface area contributed by atoms with E-state index in [0.29, 0.717) is 37.1 Å². The van der Waals surface area contributed by atoms with Crippen LogP contribution in [0.5, 0.6) is 0 Å². The minimum Gasteiger partial charge on any atom is -0.480 e. The molecule has 0 radical (unpaired) electrons. The van der Waals surface area contributed by atoms with Gasteiger partial charge in [-0.05, 0) is 63.4 Å². The first kappa shape index (κ1) is 32.9. The molecule has 228 valence electrons. The molecule has 1 saturated heterocycles. The fourth-order valence-electron chi connectivity index (χ4n) is 4.82. The number of guanidine groups is 1. The van der Waals surface area contributed by atoms with Crippen molar-refractivity contribution in [2.75, 3.05) is 11.9 Å². The summed E-state index contributed by atoms with van der Waals surface area (Å²) in [7, 11) is -4.04. The number of thioether (sulfide) groups is 1. The molecule has 0 saturated carbocycles. The van der Waals surface area contributed by atoms with Crippen LogP contribution in [0.4, 0.5) is 5.69 Å². The first-order valence-corrected chi connectivity index (χ1v) is 15.8. The molecule has 2 aromatic carbocycles. The van der Waals surface area contributed by atoms with E-state index in [-0.39, 0.29) is 23.2 Å². The Morgan fingerprint density at radius 3 is 2.33 bits per heavy atom. The molecule has 2 amide bonds. The fraction of sp³-hybridized carbons (Fsp3) is 0.429. The normalized spacial score (nSPS) is 19.0. The van der Waals surface area contributed by atoms with Gasteiger partial charge in [-0.1, -0.05) is 30.3 Å². The van der Waals surface area contributed by atoms with Gasteiger partial charge in [-0.15, -0.1) is 11.8 Å². The molecule has 7 N–H and O–H groups in total. The second-order valence-corrected chi connectivity index (χ2v) is 14.3. The number of carbonyl (C=O) groups excluding carboxylic acids is 2. The van der Waals surface area contributed by atoms with Crippen LogP contribution in [-0.4, -0.2) is 70.3 Å². The standard InChI is InChI=1S/C28H38N6O6S2/c1-18-34(42(39,40)21-9-5-4-6-10-21)24(28(2,3)41-18)25(36)33-22(26(37)38)17-19-12-14-20(15-13-19)32-23(35)11-7-8-16-31-27(29)30/h4-6,9-10,12-15,18,22,24H,7-8,11,16-17H2,1-3H3,(H,32,35)(H,33,36)(H,37,38)(H4,29,30,31)/t18?,22-,24+/m0/s1. The lowest BCUT2D eigenvalue weighted by atomic mass is 10.0. The van der Waals surface area contributed by atoms with Crippen LogP contribution < -0.4 is 21.7 Å². The van der Waals surface area contributed by atoms with E-state index in [4.69, 9.17) is 11.1 Å². The predicted molar refractivity (Wildman–Crippen MR) is 162 cm³/mol. The number of benzene rings is 2. The number of amides is 2. The van der Waals surface area contributed by atoms with Gasteiger partial charge in [-0.3, -0.25) is 15.0 Å². The van der Waals surface area contributed by atoms with Gasteiger partial charge in [0.2, 0.25) is 21.8 Å². The first-order valence-electron chi connectivity index (χ1n) is 13.5. The monoisotopic (exact) mass is 618 g/mol. The molecule has 2 aromatic rings. The Labute approximate surface area is 250 Å². The zero-order valence-corrected chi connectivity index (χ0v) is 25.4. The summed E-state index contributed by atoms with van der Waals surface area (Å²) in [5.74, 6) is -2.24. The third-order valence-corrected chi connectivity index (χ3v) is 10.2. The average molecular weight is 619 g/mol. The number of carboxylic acids is 1. The summed E-state index contributed by atoms with van der Waals surface area (Å²) in [6, 6.07) is 12.0. The van der Waals surface area contributed by atoms with Gasteiger partial charge in [0.1, 0.15) is 12.1 Å². The molecule has 1 unspecified atom stereocenters. The number of sulfonamides is 1. The van der Waals surface area contributed by atoms with Crippen LogP contribution in [-0.2, 0) is 30.8 Å². The number of rotatable bonds is 13. The van der Waals surface area contributed by atoms with Crippen LogP contribution in [0, 0.1) is 5.41 Å². The Kier molecular flexibility index (Phi) is 11.0. The third-order valence-electron chi connectivity index (χ3n) is 6.75. The van der Waals surface area contributed by atoms with Crippen LogP contribution in [0.3, 0.4) is 0 Å². The summed E-state index contributed by atoms with van der Waals surface area (Å²) >= 11 is 1.33. The van der Waals surface area contributed by atoms with E-state index < -0.39 is 44.1 Å². The lowest BCUT2D eigenvalue weighted by Gasteiger charge is -2.31. The molecule has 3 atom stereocenters. The Balaban J connectivity index is 1.66. The fourth-order valence-corrected chi connectivity index (χ4v) is 8.58. The number of hydrogen-bond donors (Lipinski definition) is 6. The van der Waals surface area contributed by atoms with Crippen molar-refractivity contribution in [1.29, 1.82) is 5.41 Å². The van der Waals surface area contributed by atoms with Gasteiger partial charge in [0.05, 0.1) is 10.3 Å². The highest BCUT2D eigenvalue weighted by Crippen LogP contribution is 2.46. The summed E-state index contributed by atoms with van der Waals surface area (Å²) in [5, 5.41) is 24.5. The van der Waals surface area contributed by atoms with Gasteiger partial charge < -0.3 is 26.8 Å². The molecule has 3 rings (SSSR count). The number of nitrogens with zero attached hydrogens (tertiary/aromatic N) is 1. The van der Waals surface area contributed by atoms with Crippen molar-refractivity contribution in [3.05, 3.63) is 60.2 Å². The van der Waals surface area contributed by atoms with Crippen molar-refractivity contribution >= 4 is 51.2 Å². The zero-order chi connectivity index (χ0) is 31.1. The maximum absolute atomic E-state index is 13.6. The number of unbranched alkanes of at least 4 members (excludes halogenated alkanes) is 1. The molecule has 0 bridgehead atoms. The number of aliphatic carboxylic acids is 1. The Bertz CT molecular complexity index is 1390. The maximum Gasteiger partial charge on any atom is 0.326 e. The van der Waals surface area contributed by atoms with E-state index in [9.17, 15) is 27.9 Å². The number of carboxylic acid groups (broad SMARTS) is 1. The molecule has 1 heterocycles. The van der Waals surface area contributed by atoms with Crippen molar-refractivity contribution in [2.45, 2.75) is 73.6 Å². The van der Waals surface area contributed by atoms with Gasteiger partial charge in [0.25, 0.3) is 0 Å². The summed E-state index contributed by atoms with van der Waals surface area (Å²) in [6.07, 6.45) is 1.54. The first-order chi connectivity index (χ1) is 19.7. The van der Waals surface area contributed by atoms with E-state index >= 15 is 0 Å². The zero-order valence-electron chi connectivity index (χ0n) is 23.8. The molecule has 1 aliphatic rings. The molecule has 42 heavy (non-hydrogen) atoms. The Morgan fingerprint density at radius 2 is 1.74 bits per heavy atom. The van der Waals surface area contributed by atoms with Gasteiger partial charge >= 0.3 is 5.97 Å². The summed E-state index contributed by atoms with van der Waals surface area (Å²) in [5.41, 5.74) is 6.37. The molecule has 0 spiro atoms. The number of nitrogens with two attached hydrogens (primary N) is 1. The Morgan fingerprint density at radius 1 is 1.10 bits per heavy atom. The van der Waals surface area contributed by atoms with E-state index in [1.54, 1.807) is 63.2 Å². The molecular formula is C28H38N6O6S2. The number of anilines is 1. The molecule has 0 aromatic heterocycles. The quantitative estimate of drug-likeness (QED) is 0.111. The molecule has 1 aliphatic heterocycles. The van der Waals surface area contributed by atoms with Gasteiger partial charge in [0, 0.05) is 29.8 Å². The van der Waals surface area contributed by atoms with Crippen LogP contribution in [0.1, 0.15) is 45.6 Å². The van der Waals surface area contributed by atoms with Crippen LogP contribution >= 0.6 is 11.8 Å². The van der Waals surface area contributed by atoms with E-state index in [0.717, 1.165) is 0 Å². The second-order valence-electron chi connectivity index (χ2n) is 10.5. The lowest BCUT2D eigenvalue weighted by molar-refractivity contribution is -0.142. The van der Waals surface area contributed by atoms with Crippen LogP contribution in [0.25, 0.3) is 0 Å². The largest absolute Gasteiger partial charge is 0.480 e. The highest BCUT2D eigenvalue weighted by molar-refractivity contribution is 8.02. The summed E-state index contributed by atoms with van der Waals surface area (Å²) in [4.78, 5) is 38.0. The van der Waals surface area contributed by atoms with Crippen molar-refractivity contribution < 1.29 is 27.9 Å².